The third kappa shape index (κ3) is 6.43. The van der Waals surface area contributed by atoms with Crippen LogP contribution in [0.3, 0.4) is 0 Å². The number of carbonyl (C=O) groups excluding carboxylic acids is 3. The number of dihydropyridines is 1. The predicted molar refractivity (Wildman–Crippen MR) is 132 cm³/mol. The first kappa shape index (κ1) is 26.3. The molecule has 1 saturated heterocycles. The summed E-state index contributed by atoms with van der Waals surface area (Å²) >= 11 is 0. The van der Waals surface area contributed by atoms with Gasteiger partial charge in [-0.1, -0.05) is 42.0 Å². The zero-order valence-corrected chi connectivity index (χ0v) is 20.0. The molecule has 36 heavy (non-hydrogen) atoms. The van der Waals surface area contributed by atoms with E-state index in [1.807, 2.05) is 31.2 Å². The summed E-state index contributed by atoms with van der Waals surface area (Å²) in [6.07, 6.45) is 7.97. The van der Waals surface area contributed by atoms with E-state index in [9.17, 15) is 24.4 Å². The van der Waals surface area contributed by atoms with E-state index in [-0.39, 0.29) is 13.1 Å². The SMILES string of the molecule is C/C=C(\C=C/C1=CC=CC(O)N1)NC1N(N)C(=O)N(CCC(=O)N=O)C(=O)N1Cc1ccc(C)cc1. The number of amides is 5. The van der Waals surface area contributed by atoms with Crippen molar-refractivity contribution in [2.45, 2.75) is 39.3 Å². The van der Waals surface area contributed by atoms with Crippen molar-refractivity contribution < 1.29 is 19.5 Å². The van der Waals surface area contributed by atoms with Gasteiger partial charge >= 0.3 is 12.1 Å². The maximum atomic E-state index is 13.4. The van der Waals surface area contributed by atoms with E-state index in [1.165, 1.54) is 4.90 Å². The third-order valence-corrected chi connectivity index (χ3v) is 5.54. The minimum atomic E-state index is -1.06. The molecular weight excluding hydrogens is 466 g/mol. The Kier molecular flexibility index (Phi) is 8.71. The lowest BCUT2D eigenvalue weighted by molar-refractivity contribution is -0.118. The molecule has 1 aromatic carbocycles. The topological polar surface area (TPSA) is 161 Å². The second-order valence-electron chi connectivity index (χ2n) is 8.16. The van der Waals surface area contributed by atoms with Gasteiger partial charge in [-0.15, -0.1) is 4.91 Å². The number of hydrogen-bond donors (Lipinski definition) is 4. The average molecular weight is 496 g/mol. The van der Waals surface area contributed by atoms with Crippen molar-refractivity contribution in [2.75, 3.05) is 6.54 Å². The van der Waals surface area contributed by atoms with Crippen LogP contribution in [0.5, 0.6) is 0 Å². The predicted octanol–water partition coefficient (Wildman–Crippen LogP) is 1.91. The highest BCUT2D eigenvalue weighted by Gasteiger charge is 2.43. The standard InChI is InChI=1S/C24H29N7O5/c1-3-18(11-12-19-5-4-6-20(32)26-19)27-22-30(15-17-9-7-16(2)8-10-17)23(34)29(24(35)31(22)25)14-13-21(33)28-36/h3-12,20,22,26-27,32H,13-15,25H2,1-2H3/b12-11-,18-3+. The van der Waals surface area contributed by atoms with Gasteiger partial charge in [0.25, 0.3) is 5.91 Å². The van der Waals surface area contributed by atoms with Crippen LogP contribution in [0.15, 0.2) is 77.3 Å². The minimum Gasteiger partial charge on any atom is -0.370 e. The number of hydrogen-bond acceptors (Lipinski definition) is 8. The maximum absolute atomic E-state index is 13.4. The first-order valence-electron chi connectivity index (χ1n) is 11.2. The van der Waals surface area contributed by atoms with Crippen LogP contribution in [0.2, 0.25) is 0 Å². The molecule has 2 heterocycles. The summed E-state index contributed by atoms with van der Waals surface area (Å²) in [6, 6.07) is 6.01. The Balaban J connectivity index is 1.86. The Bertz CT molecular complexity index is 1130. The molecular formula is C24H29N7O5. The van der Waals surface area contributed by atoms with Crippen molar-refractivity contribution >= 4 is 18.0 Å². The maximum Gasteiger partial charge on any atom is 0.345 e. The van der Waals surface area contributed by atoms with Crippen molar-refractivity contribution in [1.82, 2.24) is 25.4 Å². The summed E-state index contributed by atoms with van der Waals surface area (Å²) in [6.45, 7) is 3.49. The molecule has 2 atom stereocenters. The fourth-order valence-corrected chi connectivity index (χ4v) is 3.56. The van der Waals surface area contributed by atoms with E-state index in [0.717, 1.165) is 21.0 Å². The summed E-state index contributed by atoms with van der Waals surface area (Å²) in [5, 5.41) is 18.9. The summed E-state index contributed by atoms with van der Waals surface area (Å²) in [7, 11) is 0. The number of imide groups is 1. The number of benzene rings is 1. The van der Waals surface area contributed by atoms with E-state index >= 15 is 0 Å². The van der Waals surface area contributed by atoms with Gasteiger partial charge in [0.15, 0.2) is 0 Å². The zero-order chi connectivity index (χ0) is 26.2. The smallest absolute Gasteiger partial charge is 0.345 e. The fraction of sp³-hybridized carbons (Fsp3) is 0.292. The van der Waals surface area contributed by atoms with E-state index in [4.69, 9.17) is 5.84 Å². The number of hydrazine groups is 1. The van der Waals surface area contributed by atoms with Crippen LogP contribution in [0.1, 0.15) is 24.5 Å². The van der Waals surface area contributed by atoms with Gasteiger partial charge in [-0.3, -0.25) is 9.69 Å². The molecule has 2 aliphatic rings. The van der Waals surface area contributed by atoms with Gasteiger partial charge < -0.3 is 15.7 Å². The molecule has 2 aliphatic heterocycles. The van der Waals surface area contributed by atoms with Crippen LogP contribution in [-0.2, 0) is 11.3 Å². The Morgan fingerprint density at radius 2 is 1.97 bits per heavy atom. The van der Waals surface area contributed by atoms with E-state index < -0.39 is 36.9 Å². The minimum absolute atomic E-state index is 0.110. The van der Waals surface area contributed by atoms with Gasteiger partial charge in [0.2, 0.25) is 6.29 Å². The second kappa shape index (κ2) is 11.9. The third-order valence-electron chi connectivity index (χ3n) is 5.54. The number of rotatable bonds is 9. The van der Waals surface area contributed by atoms with Crippen molar-refractivity contribution in [1.29, 1.82) is 0 Å². The van der Waals surface area contributed by atoms with Gasteiger partial charge in [0.1, 0.15) is 6.23 Å². The largest absolute Gasteiger partial charge is 0.370 e. The average Bonchev–Trinajstić information content (AvgIpc) is 2.87. The highest BCUT2D eigenvalue weighted by atomic mass is 16.3. The molecule has 0 spiro atoms. The van der Waals surface area contributed by atoms with Gasteiger partial charge in [-0.25, -0.2) is 25.3 Å². The molecule has 3 rings (SSSR count). The molecule has 0 aliphatic carbocycles. The molecule has 0 radical (unpaired) electrons. The first-order chi connectivity index (χ1) is 17.2. The zero-order valence-electron chi connectivity index (χ0n) is 20.0. The van der Waals surface area contributed by atoms with Crippen LogP contribution in [0.25, 0.3) is 0 Å². The summed E-state index contributed by atoms with van der Waals surface area (Å²) in [5.41, 5.74) is 3.04. The van der Waals surface area contributed by atoms with Crippen LogP contribution >= 0.6 is 0 Å². The number of nitroso groups, excluding NO2 is 1. The molecule has 5 N–H and O–H groups in total. The number of aliphatic hydroxyl groups is 1. The number of nitrogens with one attached hydrogen (secondary N) is 2. The Labute approximate surface area is 208 Å². The van der Waals surface area contributed by atoms with Gasteiger partial charge in [0.05, 0.1) is 13.0 Å². The van der Waals surface area contributed by atoms with E-state index in [0.29, 0.717) is 11.4 Å². The number of urea groups is 2. The number of aryl methyl sites for hydroxylation is 1. The Morgan fingerprint density at radius 1 is 1.25 bits per heavy atom. The van der Waals surface area contributed by atoms with Crippen LogP contribution in [-0.4, -0.2) is 56.9 Å². The lowest BCUT2D eigenvalue weighted by atomic mass is 10.1. The normalized spacial score (nSPS) is 20.5. The molecule has 0 saturated carbocycles. The summed E-state index contributed by atoms with van der Waals surface area (Å²) in [5.74, 6) is 5.17. The summed E-state index contributed by atoms with van der Waals surface area (Å²) in [4.78, 5) is 50.3. The second-order valence-corrected chi connectivity index (χ2v) is 8.16. The number of aliphatic hydroxyl groups excluding tert-OH is 1. The van der Waals surface area contributed by atoms with Gasteiger partial charge in [0, 0.05) is 23.1 Å². The lowest BCUT2D eigenvalue weighted by Crippen LogP contribution is -2.71. The highest BCUT2D eigenvalue weighted by Crippen LogP contribution is 2.20. The van der Waals surface area contributed by atoms with Crippen molar-refractivity contribution in [2.24, 2.45) is 11.0 Å². The lowest BCUT2D eigenvalue weighted by Gasteiger charge is -2.45. The van der Waals surface area contributed by atoms with Crippen molar-refractivity contribution in [3.8, 4) is 0 Å². The van der Waals surface area contributed by atoms with Crippen LogP contribution in [0.4, 0.5) is 9.59 Å². The quantitative estimate of drug-likeness (QED) is 0.175. The first-order valence-corrected chi connectivity index (χ1v) is 11.2. The van der Waals surface area contributed by atoms with Crippen LogP contribution in [0, 0.1) is 11.8 Å². The van der Waals surface area contributed by atoms with E-state index in [2.05, 4.69) is 15.8 Å². The van der Waals surface area contributed by atoms with E-state index in [1.54, 1.807) is 43.4 Å². The monoisotopic (exact) mass is 495 g/mol. The Hall–Kier alpha value is -4.29. The number of allylic oxidation sites excluding steroid dienone is 5. The molecule has 0 aromatic heterocycles. The van der Waals surface area contributed by atoms with Crippen LogP contribution < -0.4 is 16.5 Å². The van der Waals surface area contributed by atoms with Gasteiger partial charge in [-0.05, 0) is 43.7 Å². The molecule has 0 bridgehead atoms. The molecule has 1 fully saturated rings. The number of nitrogens with two attached hydrogens (primary N) is 1. The van der Waals surface area contributed by atoms with Crippen molar-refractivity contribution in [3.63, 3.8) is 0 Å². The molecule has 2 unspecified atom stereocenters. The molecule has 190 valence electrons. The summed E-state index contributed by atoms with van der Waals surface area (Å²) < 4.78 is 0. The molecule has 1 aromatic rings. The molecule has 12 nitrogen and oxygen atoms in total. The molecule has 5 amide bonds. The highest BCUT2D eigenvalue weighted by molar-refractivity contribution is 5.96. The fourth-order valence-electron chi connectivity index (χ4n) is 3.56. The number of nitrogens with zero attached hydrogens (tertiary/aromatic N) is 4. The molecule has 12 heteroatoms. The van der Waals surface area contributed by atoms with Gasteiger partial charge in [-0.2, -0.15) is 0 Å². The Morgan fingerprint density at radius 3 is 2.61 bits per heavy atom. The van der Waals surface area contributed by atoms with Crippen molar-refractivity contribution in [3.05, 3.63) is 88.1 Å². The number of carbonyl (C=O) groups is 3.